The molecule has 0 unspecified atom stereocenters. The van der Waals surface area contributed by atoms with E-state index in [9.17, 15) is 9.59 Å². The van der Waals surface area contributed by atoms with Crippen molar-refractivity contribution in [2.75, 3.05) is 26.4 Å². The summed E-state index contributed by atoms with van der Waals surface area (Å²) in [5.41, 5.74) is 0.522. The molecule has 0 amide bonds. The largest absolute Gasteiger partial charge is 0.465 e. The van der Waals surface area contributed by atoms with Crippen LogP contribution in [0.15, 0.2) is 28.7 Å². The Morgan fingerprint density at radius 2 is 1.60 bits per heavy atom. The molecule has 0 N–H and O–H groups in total. The molecule has 1 aliphatic heterocycles. The van der Waals surface area contributed by atoms with Crippen molar-refractivity contribution < 1.29 is 23.8 Å². The van der Waals surface area contributed by atoms with E-state index >= 15 is 0 Å². The number of carbonyl (C=O) groups excluding carboxylic acids is 2. The molecule has 1 heterocycles. The second-order valence-electron chi connectivity index (χ2n) is 6.22. The van der Waals surface area contributed by atoms with Crippen molar-refractivity contribution >= 4 is 27.9 Å². The molecule has 6 heteroatoms. The molecule has 0 saturated carbocycles. The Kier molecular flexibility index (Phi) is 7.44. The zero-order valence-corrected chi connectivity index (χ0v) is 16.3. The predicted molar refractivity (Wildman–Crippen MR) is 97.1 cm³/mol. The van der Waals surface area contributed by atoms with Gasteiger partial charge in [-0.2, -0.15) is 0 Å². The summed E-state index contributed by atoms with van der Waals surface area (Å²) in [4.78, 5) is 25.3. The molecule has 5 nitrogen and oxygen atoms in total. The van der Waals surface area contributed by atoms with Crippen LogP contribution in [0.4, 0.5) is 0 Å². The van der Waals surface area contributed by atoms with Crippen molar-refractivity contribution in [1.82, 2.24) is 0 Å². The Hall–Kier alpha value is -1.40. The lowest BCUT2D eigenvalue weighted by Crippen LogP contribution is -2.47. The average Bonchev–Trinajstić information content (AvgIpc) is 2.58. The van der Waals surface area contributed by atoms with Crippen LogP contribution in [0.3, 0.4) is 0 Å². The Morgan fingerprint density at radius 3 is 2.08 bits per heavy atom. The lowest BCUT2D eigenvalue weighted by molar-refractivity contribution is -0.172. The molecular weight excluding hydrogens is 388 g/mol. The topological polar surface area (TPSA) is 61.8 Å². The van der Waals surface area contributed by atoms with Crippen molar-refractivity contribution in [3.8, 4) is 0 Å². The van der Waals surface area contributed by atoms with Crippen molar-refractivity contribution in [3.05, 3.63) is 34.3 Å². The molecular formula is C19H25BrO5. The normalized spacial score (nSPS) is 16.5. The third-order valence-electron chi connectivity index (χ3n) is 4.61. The molecule has 138 valence electrons. The second-order valence-corrected chi connectivity index (χ2v) is 7.13. The molecule has 0 spiro atoms. The van der Waals surface area contributed by atoms with Gasteiger partial charge < -0.3 is 14.2 Å². The fourth-order valence-corrected chi connectivity index (χ4v) is 3.67. The Bertz CT molecular complexity index is 560. The maximum absolute atomic E-state index is 12.6. The quantitative estimate of drug-likeness (QED) is 0.506. The first-order valence-electron chi connectivity index (χ1n) is 8.68. The molecule has 1 aliphatic rings. The molecule has 0 aromatic heterocycles. The van der Waals surface area contributed by atoms with Gasteiger partial charge in [-0.25, -0.2) is 0 Å². The van der Waals surface area contributed by atoms with Crippen LogP contribution in [0.2, 0.25) is 0 Å². The highest BCUT2D eigenvalue weighted by atomic mass is 79.9. The van der Waals surface area contributed by atoms with E-state index in [-0.39, 0.29) is 13.2 Å². The van der Waals surface area contributed by atoms with Crippen LogP contribution < -0.4 is 0 Å². The highest BCUT2D eigenvalue weighted by Crippen LogP contribution is 2.43. The van der Waals surface area contributed by atoms with E-state index < -0.39 is 23.3 Å². The number of hydrogen-bond acceptors (Lipinski definition) is 5. The fraction of sp³-hybridized carbons (Fsp3) is 0.579. The maximum Gasteiger partial charge on any atom is 0.320 e. The maximum atomic E-state index is 12.6. The summed E-state index contributed by atoms with van der Waals surface area (Å²) < 4.78 is 16.9. The smallest absolute Gasteiger partial charge is 0.320 e. The van der Waals surface area contributed by atoms with Crippen LogP contribution in [0, 0.1) is 11.3 Å². The monoisotopic (exact) mass is 412 g/mol. The van der Waals surface area contributed by atoms with Gasteiger partial charge in [0.05, 0.1) is 13.2 Å². The SMILES string of the molecule is CCOC(=O)C(C(=O)OCC)C1(Cc2ccc(Br)cc2)CCOCC1. The van der Waals surface area contributed by atoms with E-state index in [2.05, 4.69) is 15.9 Å². The van der Waals surface area contributed by atoms with Crippen LogP contribution in [-0.2, 0) is 30.2 Å². The van der Waals surface area contributed by atoms with Crippen LogP contribution in [0.5, 0.6) is 0 Å². The molecule has 1 aromatic carbocycles. The first-order chi connectivity index (χ1) is 12.0. The molecule has 1 aromatic rings. The van der Waals surface area contributed by atoms with Gasteiger partial charge in [-0.3, -0.25) is 9.59 Å². The van der Waals surface area contributed by atoms with E-state index in [1.807, 2.05) is 24.3 Å². The zero-order chi connectivity index (χ0) is 18.3. The summed E-state index contributed by atoms with van der Waals surface area (Å²) in [6.45, 7) is 4.99. The molecule has 2 rings (SSSR count). The van der Waals surface area contributed by atoms with E-state index in [0.717, 1.165) is 10.0 Å². The summed E-state index contributed by atoms with van der Waals surface area (Å²) in [6, 6.07) is 7.95. The summed E-state index contributed by atoms with van der Waals surface area (Å²) in [5.74, 6) is -1.93. The summed E-state index contributed by atoms with van der Waals surface area (Å²) in [5, 5.41) is 0. The number of ether oxygens (including phenoxy) is 3. The highest BCUT2D eigenvalue weighted by molar-refractivity contribution is 9.10. The number of rotatable bonds is 7. The standard InChI is InChI=1S/C19H25BrO5/c1-3-24-17(21)16(18(22)25-4-2)19(9-11-23-12-10-19)13-14-5-7-15(20)8-6-14/h5-8,16H,3-4,9-13H2,1-2H3. The van der Waals surface area contributed by atoms with Gasteiger partial charge >= 0.3 is 11.9 Å². The lowest BCUT2D eigenvalue weighted by Gasteiger charge is -2.41. The number of benzene rings is 1. The average molecular weight is 413 g/mol. The summed E-state index contributed by atoms with van der Waals surface area (Å²) in [6.07, 6.45) is 1.84. The van der Waals surface area contributed by atoms with Gasteiger partial charge in [-0.1, -0.05) is 28.1 Å². The van der Waals surface area contributed by atoms with Gasteiger partial charge in [0, 0.05) is 23.1 Å². The van der Waals surface area contributed by atoms with E-state index in [1.165, 1.54) is 0 Å². The number of esters is 2. The summed E-state index contributed by atoms with van der Waals surface area (Å²) >= 11 is 3.43. The minimum atomic E-state index is -0.931. The Balaban J connectivity index is 2.37. The van der Waals surface area contributed by atoms with Gasteiger partial charge in [-0.15, -0.1) is 0 Å². The first-order valence-corrected chi connectivity index (χ1v) is 9.47. The molecule has 25 heavy (non-hydrogen) atoms. The third-order valence-corrected chi connectivity index (χ3v) is 5.14. The van der Waals surface area contributed by atoms with Crippen molar-refractivity contribution in [2.45, 2.75) is 33.1 Å². The van der Waals surface area contributed by atoms with Gasteiger partial charge in [0.15, 0.2) is 5.92 Å². The van der Waals surface area contributed by atoms with Crippen LogP contribution >= 0.6 is 15.9 Å². The van der Waals surface area contributed by atoms with E-state index in [0.29, 0.717) is 32.5 Å². The molecule has 0 bridgehead atoms. The third kappa shape index (κ3) is 5.05. The van der Waals surface area contributed by atoms with Crippen molar-refractivity contribution in [2.24, 2.45) is 11.3 Å². The van der Waals surface area contributed by atoms with Crippen molar-refractivity contribution in [1.29, 1.82) is 0 Å². The van der Waals surface area contributed by atoms with E-state index in [4.69, 9.17) is 14.2 Å². The minimum Gasteiger partial charge on any atom is -0.465 e. The Labute approximate surface area is 157 Å². The molecule has 1 saturated heterocycles. The Morgan fingerprint density at radius 1 is 1.08 bits per heavy atom. The highest BCUT2D eigenvalue weighted by Gasteiger charge is 2.50. The number of hydrogen-bond donors (Lipinski definition) is 0. The van der Waals surface area contributed by atoms with Crippen molar-refractivity contribution in [3.63, 3.8) is 0 Å². The molecule has 1 fully saturated rings. The fourth-order valence-electron chi connectivity index (χ4n) is 3.40. The zero-order valence-electron chi connectivity index (χ0n) is 14.8. The molecule has 0 atom stereocenters. The molecule has 0 aliphatic carbocycles. The van der Waals surface area contributed by atoms with Crippen LogP contribution in [0.1, 0.15) is 32.3 Å². The lowest BCUT2D eigenvalue weighted by atomic mass is 9.66. The number of halogens is 1. The van der Waals surface area contributed by atoms with Gasteiger partial charge in [0.25, 0.3) is 0 Å². The minimum absolute atomic E-state index is 0.236. The van der Waals surface area contributed by atoms with Gasteiger partial charge in [0.2, 0.25) is 0 Å². The predicted octanol–water partition coefficient (Wildman–Crippen LogP) is 3.53. The van der Waals surface area contributed by atoms with Gasteiger partial charge in [0.1, 0.15) is 0 Å². The van der Waals surface area contributed by atoms with Gasteiger partial charge in [-0.05, 0) is 50.8 Å². The molecule has 0 radical (unpaired) electrons. The second kappa shape index (κ2) is 9.34. The van der Waals surface area contributed by atoms with E-state index in [1.54, 1.807) is 13.8 Å². The summed E-state index contributed by atoms with van der Waals surface area (Å²) in [7, 11) is 0. The van der Waals surface area contributed by atoms with Crippen LogP contribution in [0.25, 0.3) is 0 Å². The number of carbonyl (C=O) groups is 2. The first kappa shape index (κ1) is 19.9. The van der Waals surface area contributed by atoms with Crippen LogP contribution in [-0.4, -0.2) is 38.4 Å².